The molecule has 4 heterocycles. The van der Waals surface area contributed by atoms with Crippen LogP contribution >= 0.6 is 0 Å². The van der Waals surface area contributed by atoms with E-state index in [1.54, 1.807) is 37.4 Å². The van der Waals surface area contributed by atoms with E-state index in [2.05, 4.69) is 20.3 Å². The number of H-pyrrole nitrogens is 1. The first-order valence-electron chi connectivity index (χ1n) is 11.4. The maximum atomic E-state index is 13.7. The largest absolute Gasteiger partial charge is 0.444 e. The molecule has 1 saturated heterocycles. The van der Waals surface area contributed by atoms with Gasteiger partial charge in [-0.05, 0) is 51.8 Å². The summed E-state index contributed by atoms with van der Waals surface area (Å²) in [5.41, 5.74) is 1.80. The molecule has 1 amide bonds. The molecule has 0 spiro atoms. The number of anilines is 1. The lowest BCUT2D eigenvalue weighted by atomic mass is 10.2. The number of aromatic nitrogens is 4. The number of nitrogens with one attached hydrogen (secondary N) is 2. The monoisotopic (exact) mass is 496 g/mol. The third kappa shape index (κ3) is 4.20. The molecule has 184 valence electrons. The van der Waals surface area contributed by atoms with Gasteiger partial charge in [0.2, 0.25) is 15.8 Å². The Morgan fingerprint density at radius 2 is 1.97 bits per heavy atom. The number of sulfone groups is 1. The maximum Gasteiger partial charge on any atom is 0.407 e. The molecular weight excluding hydrogens is 468 g/mol. The highest BCUT2D eigenvalue weighted by molar-refractivity contribution is 7.91. The number of hydrogen-bond acceptors (Lipinski definition) is 7. The Kier molecular flexibility index (Phi) is 5.47. The number of carbonyl (C=O) groups is 1. The van der Waals surface area contributed by atoms with Gasteiger partial charge in [-0.2, -0.15) is 4.98 Å². The third-order valence-corrected chi connectivity index (χ3v) is 7.80. The SMILES string of the molecule is Cc1ccccc1S(=O)(=O)c1nc(N2CCC(NC(=O)OC(C)(C)C)C2)n2c1cnc1[nH]ccc12. The van der Waals surface area contributed by atoms with Gasteiger partial charge in [-0.15, -0.1) is 0 Å². The van der Waals surface area contributed by atoms with E-state index in [1.165, 1.54) is 6.20 Å². The van der Waals surface area contributed by atoms with Gasteiger partial charge < -0.3 is 19.9 Å². The summed E-state index contributed by atoms with van der Waals surface area (Å²) >= 11 is 0. The van der Waals surface area contributed by atoms with E-state index in [9.17, 15) is 13.2 Å². The van der Waals surface area contributed by atoms with Crippen molar-refractivity contribution >= 4 is 38.6 Å². The summed E-state index contributed by atoms with van der Waals surface area (Å²) in [6, 6.07) is 8.55. The van der Waals surface area contributed by atoms with Gasteiger partial charge in [0.05, 0.1) is 22.7 Å². The van der Waals surface area contributed by atoms with Crippen molar-refractivity contribution in [2.45, 2.75) is 55.7 Å². The minimum Gasteiger partial charge on any atom is -0.444 e. The number of benzene rings is 1. The zero-order valence-corrected chi connectivity index (χ0v) is 20.9. The number of nitrogens with zero attached hydrogens (tertiary/aromatic N) is 4. The second-order valence-electron chi connectivity index (χ2n) is 9.75. The van der Waals surface area contributed by atoms with Crippen molar-refractivity contribution < 1.29 is 17.9 Å². The van der Waals surface area contributed by atoms with Crippen LogP contribution in [0.25, 0.3) is 16.7 Å². The molecule has 1 aliphatic heterocycles. The van der Waals surface area contributed by atoms with Gasteiger partial charge in [-0.25, -0.2) is 18.2 Å². The normalized spacial score (nSPS) is 16.8. The van der Waals surface area contributed by atoms with E-state index >= 15 is 0 Å². The summed E-state index contributed by atoms with van der Waals surface area (Å²) in [7, 11) is -3.91. The number of aryl methyl sites for hydroxylation is 1. The van der Waals surface area contributed by atoms with Crippen LogP contribution in [0.5, 0.6) is 0 Å². The Bertz CT molecular complexity index is 1530. The van der Waals surface area contributed by atoms with Crippen LogP contribution in [0.2, 0.25) is 0 Å². The first-order chi connectivity index (χ1) is 16.5. The fourth-order valence-electron chi connectivity index (χ4n) is 4.42. The number of carbonyl (C=O) groups excluding carboxylic acids is 1. The Labute approximate surface area is 203 Å². The van der Waals surface area contributed by atoms with Crippen LogP contribution in [-0.4, -0.2) is 58.6 Å². The van der Waals surface area contributed by atoms with Gasteiger partial charge in [0.1, 0.15) is 11.1 Å². The molecule has 5 rings (SSSR count). The van der Waals surface area contributed by atoms with E-state index in [-0.39, 0.29) is 16.0 Å². The summed E-state index contributed by atoms with van der Waals surface area (Å²) in [6.45, 7) is 8.28. The summed E-state index contributed by atoms with van der Waals surface area (Å²) in [6.07, 6.45) is 3.49. The smallest absolute Gasteiger partial charge is 0.407 e. The molecule has 11 heteroatoms. The number of aromatic amines is 1. The van der Waals surface area contributed by atoms with E-state index in [1.807, 2.05) is 36.1 Å². The molecule has 2 N–H and O–H groups in total. The van der Waals surface area contributed by atoms with Gasteiger partial charge in [-0.3, -0.25) is 4.40 Å². The lowest BCUT2D eigenvalue weighted by molar-refractivity contribution is 0.0509. The number of imidazole rings is 1. The average Bonchev–Trinajstić information content (AvgIpc) is 3.49. The van der Waals surface area contributed by atoms with Crippen molar-refractivity contribution in [2.75, 3.05) is 18.0 Å². The van der Waals surface area contributed by atoms with Crippen molar-refractivity contribution in [1.29, 1.82) is 0 Å². The van der Waals surface area contributed by atoms with Crippen molar-refractivity contribution in [3.8, 4) is 0 Å². The predicted octanol–water partition coefficient (Wildman–Crippen LogP) is 3.46. The quantitative estimate of drug-likeness (QED) is 0.444. The topological polar surface area (TPSA) is 122 Å². The lowest BCUT2D eigenvalue weighted by Crippen LogP contribution is -2.40. The number of fused-ring (bicyclic) bond motifs is 3. The zero-order chi connectivity index (χ0) is 25.0. The molecule has 1 aromatic carbocycles. The van der Waals surface area contributed by atoms with Crippen LogP contribution in [-0.2, 0) is 14.6 Å². The summed E-state index contributed by atoms with van der Waals surface area (Å²) in [5, 5.41) is 2.87. The summed E-state index contributed by atoms with van der Waals surface area (Å²) in [4.78, 5) is 26.6. The lowest BCUT2D eigenvalue weighted by Gasteiger charge is -2.22. The Hall–Kier alpha value is -3.60. The molecule has 0 saturated carbocycles. The minimum absolute atomic E-state index is 0.0408. The second-order valence-corrected chi connectivity index (χ2v) is 11.6. The molecule has 1 aliphatic rings. The Balaban J connectivity index is 1.56. The number of ether oxygens (including phenoxy) is 1. The van der Waals surface area contributed by atoms with Crippen LogP contribution in [0.3, 0.4) is 0 Å². The van der Waals surface area contributed by atoms with Crippen LogP contribution < -0.4 is 10.2 Å². The standard InChI is InChI=1S/C24H28N6O4S/c1-15-7-5-6-8-19(15)35(32,33)21-18-13-26-20-17(9-11-25-20)30(18)22(28-21)29-12-10-16(14-29)27-23(31)34-24(2,3)4/h5-9,11,13,16,25H,10,12,14H2,1-4H3,(H,27,31). The Morgan fingerprint density at radius 3 is 2.71 bits per heavy atom. The highest BCUT2D eigenvalue weighted by Crippen LogP contribution is 2.33. The Morgan fingerprint density at radius 1 is 1.20 bits per heavy atom. The van der Waals surface area contributed by atoms with Crippen LogP contribution in [0.1, 0.15) is 32.8 Å². The van der Waals surface area contributed by atoms with Gasteiger partial charge in [0, 0.05) is 19.3 Å². The first-order valence-corrected chi connectivity index (χ1v) is 12.9. The average molecular weight is 497 g/mol. The molecule has 3 aromatic heterocycles. The van der Waals surface area contributed by atoms with E-state index in [0.717, 1.165) is 5.52 Å². The molecule has 10 nitrogen and oxygen atoms in total. The van der Waals surface area contributed by atoms with Crippen molar-refractivity contribution in [2.24, 2.45) is 0 Å². The van der Waals surface area contributed by atoms with E-state index in [0.29, 0.717) is 42.2 Å². The maximum absolute atomic E-state index is 13.7. The van der Waals surface area contributed by atoms with Gasteiger partial charge in [0.15, 0.2) is 10.7 Å². The fourth-order valence-corrected chi connectivity index (χ4v) is 6.00. The first kappa shape index (κ1) is 23.2. The highest BCUT2D eigenvalue weighted by Gasteiger charge is 2.33. The van der Waals surface area contributed by atoms with Crippen molar-refractivity contribution in [3.63, 3.8) is 0 Å². The number of rotatable bonds is 4. The van der Waals surface area contributed by atoms with Crippen molar-refractivity contribution in [1.82, 2.24) is 24.7 Å². The molecule has 4 aromatic rings. The molecule has 0 bridgehead atoms. The number of amides is 1. The van der Waals surface area contributed by atoms with Gasteiger partial charge in [-0.1, -0.05) is 18.2 Å². The molecule has 1 atom stereocenters. The fraction of sp³-hybridized carbons (Fsp3) is 0.375. The molecule has 35 heavy (non-hydrogen) atoms. The molecule has 0 aliphatic carbocycles. The van der Waals surface area contributed by atoms with Crippen LogP contribution in [0.15, 0.2) is 52.6 Å². The van der Waals surface area contributed by atoms with Gasteiger partial charge in [0.25, 0.3) is 0 Å². The number of hydrogen-bond donors (Lipinski definition) is 2. The van der Waals surface area contributed by atoms with Crippen molar-refractivity contribution in [3.05, 3.63) is 48.3 Å². The highest BCUT2D eigenvalue weighted by atomic mass is 32.2. The van der Waals surface area contributed by atoms with Gasteiger partial charge >= 0.3 is 6.09 Å². The molecule has 1 unspecified atom stereocenters. The van der Waals surface area contributed by atoms with Crippen LogP contribution in [0.4, 0.5) is 10.7 Å². The summed E-state index contributed by atoms with van der Waals surface area (Å²) < 4.78 is 34.6. The van der Waals surface area contributed by atoms with E-state index in [4.69, 9.17) is 4.74 Å². The molecule has 0 radical (unpaired) electrons. The van der Waals surface area contributed by atoms with Crippen LogP contribution in [0, 0.1) is 6.92 Å². The predicted molar refractivity (Wildman–Crippen MR) is 131 cm³/mol. The number of alkyl carbamates (subject to hydrolysis) is 1. The molecular formula is C24H28N6O4S. The third-order valence-electron chi connectivity index (χ3n) is 5.95. The molecule has 1 fully saturated rings. The summed E-state index contributed by atoms with van der Waals surface area (Å²) in [5.74, 6) is 0.493. The minimum atomic E-state index is -3.91. The second kappa shape index (κ2) is 8.26. The van der Waals surface area contributed by atoms with E-state index < -0.39 is 21.5 Å². The zero-order valence-electron chi connectivity index (χ0n) is 20.1.